The van der Waals surface area contributed by atoms with Crippen LogP contribution in [0, 0.1) is 0 Å². The second kappa shape index (κ2) is 6.23. The fourth-order valence-electron chi connectivity index (χ4n) is 1.86. The summed E-state index contributed by atoms with van der Waals surface area (Å²) < 4.78 is 18.1. The molecule has 0 atom stereocenters. The van der Waals surface area contributed by atoms with Crippen LogP contribution >= 0.6 is 11.8 Å². The quantitative estimate of drug-likeness (QED) is 0.752. The number of rotatable bonds is 6. The number of thioether (sulfide) groups is 1. The van der Waals surface area contributed by atoms with Crippen LogP contribution in [0.25, 0.3) is 0 Å². The number of furan rings is 1. The summed E-state index contributed by atoms with van der Waals surface area (Å²) in [5.41, 5.74) is 0. The first-order chi connectivity index (χ1) is 9.42. The zero-order valence-electron chi connectivity index (χ0n) is 10.4. The van der Waals surface area contributed by atoms with Crippen molar-refractivity contribution in [1.29, 1.82) is 0 Å². The molecular weight excluding hydrogens is 266 g/mol. The Morgan fingerprint density at radius 3 is 3.05 bits per heavy atom. The SMILES string of the molecule is c1coc(Cn2cnnc2SCCC2OCCO2)c1. The number of aromatic nitrogens is 3. The van der Waals surface area contributed by atoms with Gasteiger partial charge in [0.25, 0.3) is 0 Å². The molecule has 1 saturated heterocycles. The summed E-state index contributed by atoms with van der Waals surface area (Å²) in [5.74, 6) is 1.78. The molecule has 2 aromatic heterocycles. The highest BCUT2D eigenvalue weighted by Gasteiger charge is 2.16. The van der Waals surface area contributed by atoms with Crippen LogP contribution in [-0.2, 0) is 16.0 Å². The van der Waals surface area contributed by atoms with E-state index in [4.69, 9.17) is 13.9 Å². The molecule has 3 heterocycles. The van der Waals surface area contributed by atoms with Gasteiger partial charge in [-0.25, -0.2) is 0 Å². The summed E-state index contributed by atoms with van der Waals surface area (Å²) in [5, 5.41) is 8.94. The molecule has 1 fully saturated rings. The Morgan fingerprint density at radius 2 is 2.26 bits per heavy atom. The van der Waals surface area contributed by atoms with E-state index in [1.807, 2.05) is 16.7 Å². The van der Waals surface area contributed by atoms with Crippen molar-refractivity contribution >= 4 is 11.8 Å². The lowest BCUT2D eigenvalue weighted by molar-refractivity contribution is -0.0421. The summed E-state index contributed by atoms with van der Waals surface area (Å²) in [6.45, 7) is 2.05. The molecule has 0 amide bonds. The van der Waals surface area contributed by atoms with Crippen LogP contribution in [0.3, 0.4) is 0 Å². The Labute approximate surface area is 115 Å². The van der Waals surface area contributed by atoms with Crippen LogP contribution in [-0.4, -0.2) is 40.0 Å². The number of hydrogen-bond donors (Lipinski definition) is 0. The average Bonchev–Trinajstić information content (AvgIpc) is 3.13. The standard InChI is InChI=1S/C12H15N3O3S/c1-2-10(16-4-1)8-15-9-13-14-12(15)19-7-3-11-17-5-6-18-11/h1-2,4,9,11H,3,5-8H2. The first kappa shape index (κ1) is 12.7. The van der Waals surface area contributed by atoms with Gasteiger partial charge in [-0.1, -0.05) is 11.8 Å². The van der Waals surface area contributed by atoms with Gasteiger partial charge in [0.2, 0.25) is 0 Å². The summed E-state index contributed by atoms with van der Waals surface area (Å²) in [6, 6.07) is 3.82. The molecular formula is C12H15N3O3S. The Kier molecular flexibility index (Phi) is 4.16. The minimum absolute atomic E-state index is 0.0612. The van der Waals surface area contributed by atoms with E-state index < -0.39 is 0 Å². The van der Waals surface area contributed by atoms with Crippen molar-refractivity contribution in [1.82, 2.24) is 14.8 Å². The Bertz CT molecular complexity index is 494. The van der Waals surface area contributed by atoms with Crippen molar-refractivity contribution in [3.8, 4) is 0 Å². The van der Waals surface area contributed by atoms with E-state index in [1.165, 1.54) is 0 Å². The molecule has 6 nitrogen and oxygen atoms in total. The molecule has 0 saturated carbocycles. The van der Waals surface area contributed by atoms with Gasteiger partial charge in [-0.05, 0) is 12.1 Å². The highest BCUT2D eigenvalue weighted by Crippen LogP contribution is 2.20. The van der Waals surface area contributed by atoms with E-state index in [0.29, 0.717) is 19.8 Å². The van der Waals surface area contributed by atoms with E-state index in [2.05, 4.69) is 10.2 Å². The summed E-state index contributed by atoms with van der Waals surface area (Å²) >= 11 is 1.65. The van der Waals surface area contributed by atoms with Crippen LogP contribution in [0.2, 0.25) is 0 Å². The van der Waals surface area contributed by atoms with E-state index >= 15 is 0 Å². The van der Waals surface area contributed by atoms with Gasteiger partial charge >= 0.3 is 0 Å². The first-order valence-corrected chi connectivity index (χ1v) is 7.16. The normalized spacial score (nSPS) is 16.2. The maximum Gasteiger partial charge on any atom is 0.191 e. The van der Waals surface area contributed by atoms with Crippen molar-refractivity contribution in [3.63, 3.8) is 0 Å². The summed E-state index contributed by atoms with van der Waals surface area (Å²) in [6.07, 6.45) is 4.18. The van der Waals surface area contributed by atoms with Crippen LogP contribution in [0.1, 0.15) is 12.2 Å². The molecule has 1 aliphatic heterocycles. The molecule has 0 aromatic carbocycles. The van der Waals surface area contributed by atoms with Gasteiger partial charge < -0.3 is 18.5 Å². The van der Waals surface area contributed by atoms with Gasteiger partial charge in [0.15, 0.2) is 11.4 Å². The van der Waals surface area contributed by atoms with Gasteiger partial charge in [0.1, 0.15) is 12.1 Å². The third-order valence-corrected chi connectivity index (χ3v) is 3.78. The topological polar surface area (TPSA) is 62.3 Å². The third kappa shape index (κ3) is 3.37. The second-order valence-electron chi connectivity index (χ2n) is 4.13. The van der Waals surface area contributed by atoms with E-state index in [-0.39, 0.29) is 6.29 Å². The summed E-state index contributed by atoms with van der Waals surface area (Å²) in [4.78, 5) is 0. The molecule has 0 bridgehead atoms. The first-order valence-electron chi connectivity index (χ1n) is 6.18. The lowest BCUT2D eigenvalue weighted by Crippen LogP contribution is -2.08. The number of ether oxygens (including phenoxy) is 2. The second-order valence-corrected chi connectivity index (χ2v) is 5.19. The van der Waals surface area contributed by atoms with Crippen LogP contribution < -0.4 is 0 Å². The third-order valence-electron chi connectivity index (χ3n) is 2.76. The molecule has 0 N–H and O–H groups in total. The van der Waals surface area contributed by atoms with E-state index in [0.717, 1.165) is 23.1 Å². The molecule has 0 radical (unpaired) electrons. The monoisotopic (exact) mass is 281 g/mol. The molecule has 1 aliphatic rings. The van der Waals surface area contributed by atoms with E-state index in [9.17, 15) is 0 Å². The molecule has 0 spiro atoms. The molecule has 7 heteroatoms. The zero-order valence-corrected chi connectivity index (χ0v) is 11.2. The maximum atomic E-state index is 5.39. The summed E-state index contributed by atoms with van der Waals surface area (Å²) in [7, 11) is 0. The molecule has 0 unspecified atom stereocenters. The molecule has 2 aromatic rings. The zero-order chi connectivity index (χ0) is 12.9. The Morgan fingerprint density at radius 1 is 1.37 bits per heavy atom. The van der Waals surface area contributed by atoms with Gasteiger partial charge in [-0.15, -0.1) is 10.2 Å². The van der Waals surface area contributed by atoms with Crippen molar-refractivity contribution in [2.75, 3.05) is 19.0 Å². The lowest BCUT2D eigenvalue weighted by Gasteiger charge is -2.08. The lowest BCUT2D eigenvalue weighted by atomic mass is 10.4. The fourth-order valence-corrected chi connectivity index (χ4v) is 2.73. The Balaban J connectivity index is 1.51. The van der Waals surface area contributed by atoms with Crippen molar-refractivity contribution in [2.24, 2.45) is 0 Å². The van der Waals surface area contributed by atoms with Crippen LogP contribution in [0.5, 0.6) is 0 Å². The molecule has 3 rings (SSSR count). The van der Waals surface area contributed by atoms with Gasteiger partial charge in [0, 0.05) is 12.2 Å². The van der Waals surface area contributed by atoms with Crippen molar-refractivity contribution in [2.45, 2.75) is 24.4 Å². The minimum Gasteiger partial charge on any atom is -0.467 e. The largest absolute Gasteiger partial charge is 0.467 e. The molecule has 19 heavy (non-hydrogen) atoms. The van der Waals surface area contributed by atoms with Crippen molar-refractivity contribution in [3.05, 3.63) is 30.5 Å². The average molecular weight is 281 g/mol. The number of nitrogens with zero attached hydrogens (tertiary/aromatic N) is 3. The molecule has 0 aliphatic carbocycles. The fraction of sp³-hybridized carbons (Fsp3) is 0.500. The van der Waals surface area contributed by atoms with Gasteiger partial charge in [-0.2, -0.15) is 0 Å². The Hall–Kier alpha value is -1.31. The predicted molar refractivity (Wildman–Crippen MR) is 68.9 cm³/mol. The van der Waals surface area contributed by atoms with Crippen LogP contribution in [0.15, 0.2) is 34.3 Å². The highest BCUT2D eigenvalue weighted by atomic mass is 32.2. The minimum atomic E-state index is -0.0612. The number of hydrogen-bond acceptors (Lipinski definition) is 6. The smallest absolute Gasteiger partial charge is 0.191 e. The van der Waals surface area contributed by atoms with Gasteiger partial charge in [0.05, 0.1) is 26.0 Å². The van der Waals surface area contributed by atoms with Crippen molar-refractivity contribution < 1.29 is 13.9 Å². The maximum absolute atomic E-state index is 5.39. The van der Waals surface area contributed by atoms with Crippen LogP contribution in [0.4, 0.5) is 0 Å². The predicted octanol–water partition coefficient (Wildman–Crippen LogP) is 1.77. The van der Waals surface area contributed by atoms with E-state index in [1.54, 1.807) is 24.4 Å². The highest BCUT2D eigenvalue weighted by molar-refractivity contribution is 7.99. The molecule has 102 valence electrons. The van der Waals surface area contributed by atoms with Gasteiger partial charge in [-0.3, -0.25) is 0 Å².